The third-order valence-electron chi connectivity index (χ3n) is 5.80. The van der Waals surface area contributed by atoms with Crippen LogP contribution in [0.1, 0.15) is 6.42 Å². The van der Waals surface area contributed by atoms with Crippen LogP contribution in [-0.2, 0) is 4.74 Å². The molecule has 6 nitrogen and oxygen atoms in total. The number of anilines is 1. The molecule has 0 unspecified atom stereocenters. The number of aromatic nitrogens is 3. The van der Waals surface area contributed by atoms with Crippen molar-refractivity contribution in [3.05, 3.63) is 72.1 Å². The van der Waals surface area contributed by atoms with E-state index in [2.05, 4.69) is 55.2 Å². The van der Waals surface area contributed by atoms with Crippen LogP contribution in [-0.4, -0.2) is 58.8 Å². The van der Waals surface area contributed by atoms with E-state index >= 15 is 0 Å². The number of nitrogens with one attached hydrogen (secondary N) is 1. The van der Waals surface area contributed by atoms with Crippen LogP contribution in [0.15, 0.2) is 67.1 Å². The fourth-order valence-electron chi connectivity index (χ4n) is 4.19. The molecular formula is C25H26ClN5O. The topological polar surface area (TPSA) is 55.2 Å². The number of rotatable bonds is 7. The van der Waals surface area contributed by atoms with Gasteiger partial charge in [0.25, 0.3) is 0 Å². The molecule has 1 N–H and O–H groups in total. The highest BCUT2D eigenvalue weighted by Crippen LogP contribution is 2.35. The van der Waals surface area contributed by atoms with E-state index in [-0.39, 0.29) is 0 Å². The molecule has 3 heterocycles. The number of halogens is 1. The molecule has 2 aromatic carbocycles. The summed E-state index contributed by atoms with van der Waals surface area (Å²) in [5, 5.41) is 5.28. The number of morpholine rings is 1. The van der Waals surface area contributed by atoms with Gasteiger partial charge in [0.15, 0.2) is 5.65 Å². The van der Waals surface area contributed by atoms with E-state index in [1.165, 1.54) is 0 Å². The minimum atomic E-state index is 0.695. The van der Waals surface area contributed by atoms with Crippen LogP contribution in [0.5, 0.6) is 0 Å². The van der Waals surface area contributed by atoms with Gasteiger partial charge in [-0.1, -0.05) is 48.0 Å². The third kappa shape index (κ3) is 4.48. The molecule has 0 amide bonds. The van der Waals surface area contributed by atoms with Crippen molar-refractivity contribution in [3.8, 4) is 16.8 Å². The Balaban J connectivity index is 1.48. The zero-order chi connectivity index (χ0) is 21.8. The molecule has 5 rings (SSSR count). The van der Waals surface area contributed by atoms with E-state index < -0.39 is 0 Å². The highest BCUT2D eigenvalue weighted by Gasteiger charge is 2.17. The normalized spacial score (nSPS) is 14.7. The summed E-state index contributed by atoms with van der Waals surface area (Å²) in [7, 11) is 0. The van der Waals surface area contributed by atoms with Crippen molar-refractivity contribution in [2.75, 3.05) is 44.7 Å². The Hall–Kier alpha value is -2.93. The zero-order valence-corrected chi connectivity index (χ0v) is 18.6. The summed E-state index contributed by atoms with van der Waals surface area (Å²) < 4.78 is 7.53. The summed E-state index contributed by atoms with van der Waals surface area (Å²) in [5.41, 5.74) is 4.06. The molecule has 164 valence electrons. The van der Waals surface area contributed by atoms with Crippen molar-refractivity contribution in [2.45, 2.75) is 6.42 Å². The fourth-order valence-corrected chi connectivity index (χ4v) is 4.37. The molecule has 1 aliphatic rings. The van der Waals surface area contributed by atoms with E-state index in [1.54, 1.807) is 6.33 Å². The maximum absolute atomic E-state index is 6.28. The van der Waals surface area contributed by atoms with Crippen molar-refractivity contribution < 1.29 is 4.74 Å². The molecule has 4 aromatic rings. The summed E-state index contributed by atoms with van der Waals surface area (Å²) in [6.45, 7) is 5.59. The van der Waals surface area contributed by atoms with Crippen molar-refractivity contribution in [1.29, 1.82) is 0 Å². The van der Waals surface area contributed by atoms with Gasteiger partial charge in [-0.3, -0.25) is 4.90 Å². The molecule has 7 heteroatoms. The molecule has 1 fully saturated rings. The minimum absolute atomic E-state index is 0.695. The van der Waals surface area contributed by atoms with Gasteiger partial charge in [-0.15, -0.1) is 0 Å². The largest absolute Gasteiger partial charge is 0.379 e. The van der Waals surface area contributed by atoms with E-state index in [0.29, 0.717) is 5.02 Å². The Morgan fingerprint density at radius 2 is 1.84 bits per heavy atom. The minimum Gasteiger partial charge on any atom is -0.379 e. The van der Waals surface area contributed by atoms with Gasteiger partial charge in [0.05, 0.1) is 18.6 Å². The van der Waals surface area contributed by atoms with E-state index in [9.17, 15) is 0 Å². The molecule has 32 heavy (non-hydrogen) atoms. The Labute approximate surface area is 192 Å². The van der Waals surface area contributed by atoms with Crippen molar-refractivity contribution in [2.24, 2.45) is 0 Å². The van der Waals surface area contributed by atoms with Crippen molar-refractivity contribution in [1.82, 2.24) is 19.4 Å². The van der Waals surface area contributed by atoms with Crippen molar-refractivity contribution in [3.63, 3.8) is 0 Å². The molecule has 0 aliphatic carbocycles. The number of benzene rings is 2. The second-order valence-electron chi connectivity index (χ2n) is 7.91. The Kier molecular flexibility index (Phi) is 6.34. The number of ether oxygens (including phenoxy) is 1. The number of hydrogen-bond acceptors (Lipinski definition) is 5. The van der Waals surface area contributed by atoms with Gasteiger partial charge >= 0.3 is 0 Å². The van der Waals surface area contributed by atoms with Crippen LogP contribution >= 0.6 is 11.6 Å². The lowest BCUT2D eigenvalue weighted by atomic mass is 10.1. The molecule has 0 spiro atoms. The van der Waals surface area contributed by atoms with Crippen LogP contribution in [0, 0.1) is 0 Å². The molecule has 1 saturated heterocycles. The van der Waals surface area contributed by atoms with Gasteiger partial charge in [0.2, 0.25) is 0 Å². The van der Waals surface area contributed by atoms with Gasteiger partial charge in [-0.2, -0.15) is 0 Å². The summed E-state index contributed by atoms with van der Waals surface area (Å²) in [6.07, 6.45) is 4.79. The second kappa shape index (κ2) is 9.69. The van der Waals surface area contributed by atoms with Crippen LogP contribution < -0.4 is 5.32 Å². The summed E-state index contributed by atoms with van der Waals surface area (Å²) in [4.78, 5) is 11.7. The van der Waals surface area contributed by atoms with Crippen LogP contribution in [0.4, 0.5) is 5.82 Å². The highest BCUT2D eigenvalue weighted by atomic mass is 35.5. The highest BCUT2D eigenvalue weighted by molar-refractivity contribution is 6.30. The lowest BCUT2D eigenvalue weighted by Gasteiger charge is -2.26. The molecule has 2 aromatic heterocycles. The maximum atomic E-state index is 6.28. The fraction of sp³-hybridized carbons (Fsp3) is 0.280. The molecule has 1 aliphatic heterocycles. The lowest BCUT2D eigenvalue weighted by molar-refractivity contribution is 0.0378. The van der Waals surface area contributed by atoms with Gasteiger partial charge in [0, 0.05) is 42.1 Å². The number of hydrogen-bond donors (Lipinski definition) is 1. The molecule has 0 radical (unpaired) electrons. The Morgan fingerprint density at radius 1 is 1.00 bits per heavy atom. The third-order valence-corrected chi connectivity index (χ3v) is 6.04. The van der Waals surface area contributed by atoms with Crippen LogP contribution in [0.25, 0.3) is 27.8 Å². The van der Waals surface area contributed by atoms with E-state index in [1.807, 2.05) is 30.3 Å². The molecule has 0 saturated carbocycles. The van der Waals surface area contributed by atoms with Gasteiger partial charge < -0.3 is 14.6 Å². The standard InChI is InChI=1S/C25H26ClN5O/c26-20-8-4-9-21(16-20)31-17-22(19-6-2-1-3-7-19)23-24(28-18-29-25(23)31)27-10-5-11-30-12-14-32-15-13-30/h1-4,6-9,16-18H,5,10-15H2,(H,27,28,29). The smallest absolute Gasteiger partial charge is 0.150 e. The van der Waals surface area contributed by atoms with E-state index in [0.717, 1.165) is 79.5 Å². The van der Waals surface area contributed by atoms with Crippen molar-refractivity contribution >= 4 is 28.5 Å². The molecule has 0 atom stereocenters. The molecular weight excluding hydrogens is 422 g/mol. The second-order valence-corrected chi connectivity index (χ2v) is 8.35. The Bertz CT molecular complexity index is 1190. The summed E-state index contributed by atoms with van der Waals surface area (Å²) in [6, 6.07) is 18.2. The first-order valence-electron chi connectivity index (χ1n) is 11.0. The SMILES string of the molecule is Clc1cccc(-n2cc(-c3ccccc3)c3c(NCCCN4CCOCC4)ncnc32)c1. The average molecular weight is 448 g/mol. The van der Waals surface area contributed by atoms with Gasteiger partial charge in [0.1, 0.15) is 12.1 Å². The zero-order valence-electron chi connectivity index (χ0n) is 17.9. The first-order valence-corrected chi connectivity index (χ1v) is 11.4. The predicted molar refractivity (Wildman–Crippen MR) is 130 cm³/mol. The Morgan fingerprint density at radius 3 is 2.66 bits per heavy atom. The van der Waals surface area contributed by atoms with Gasteiger partial charge in [-0.25, -0.2) is 9.97 Å². The first-order chi connectivity index (χ1) is 15.8. The van der Waals surface area contributed by atoms with Crippen LogP contribution in [0.3, 0.4) is 0 Å². The molecule has 0 bridgehead atoms. The maximum Gasteiger partial charge on any atom is 0.150 e. The van der Waals surface area contributed by atoms with Gasteiger partial charge in [-0.05, 0) is 36.7 Å². The predicted octanol–water partition coefficient (Wildman–Crippen LogP) is 4.88. The average Bonchev–Trinajstić information content (AvgIpc) is 3.24. The van der Waals surface area contributed by atoms with E-state index in [4.69, 9.17) is 16.3 Å². The summed E-state index contributed by atoms with van der Waals surface area (Å²) >= 11 is 6.28. The number of nitrogens with zero attached hydrogens (tertiary/aromatic N) is 4. The lowest BCUT2D eigenvalue weighted by Crippen LogP contribution is -2.37. The number of fused-ring (bicyclic) bond motifs is 1. The first kappa shape index (κ1) is 20.9. The summed E-state index contributed by atoms with van der Waals surface area (Å²) in [5.74, 6) is 0.858. The van der Waals surface area contributed by atoms with Crippen LogP contribution in [0.2, 0.25) is 5.02 Å². The monoisotopic (exact) mass is 447 g/mol. The quantitative estimate of drug-likeness (QED) is 0.409.